The molecule has 1 saturated carbocycles. The number of nitrogens with zero attached hydrogens (tertiary/aromatic N) is 3. The van der Waals surface area contributed by atoms with Gasteiger partial charge in [-0.3, -0.25) is 9.59 Å². The number of hydrogen-bond donors (Lipinski definition) is 1. The summed E-state index contributed by atoms with van der Waals surface area (Å²) in [6, 6.07) is 8.14. The summed E-state index contributed by atoms with van der Waals surface area (Å²) in [5.41, 5.74) is 0.972. The van der Waals surface area contributed by atoms with E-state index in [9.17, 15) is 9.59 Å². The Hall–Kier alpha value is -3.01. The lowest BCUT2D eigenvalue weighted by molar-refractivity contribution is -0.121. The third-order valence-corrected chi connectivity index (χ3v) is 3.70. The second kappa shape index (κ2) is 6.01. The number of ketones is 1. The molecule has 7 heteroatoms. The fourth-order valence-electron chi connectivity index (χ4n) is 2.18. The first kappa shape index (κ1) is 14.9. The molecule has 1 heterocycles. The van der Waals surface area contributed by atoms with Crippen LogP contribution in [0.5, 0.6) is 0 Å². The Morgan fingerprint density at radius 1 is 1.35 bits per heavy atom. The van der Waals surface area contributed by atoms with Crippen LogP contribution in [0, 0.1) is 17.2 Å². The van der Waals surface area contributed by atoms with Crippen molar-refractivity contribution in [1.29, 1.82) is 5.26 Å². The minimum absolute atomic E-state index is 0.283. The number of nitrogens with one attached hydrogen (secondary N) is 1. The monoisotopic (exact) mass is 310 g/mol. The lowest BCUT2D eigenvalue weighted by Gasteiger charge is -2.06. The normalized spacial score (nSPS) is 14.8. The van der Waals surface area contributed by atoms with E-state index in [1.165, 1.54) is 7.05 Å². The predicted molar refractivity (Wildman–Crippen MR) is 79.2 cm³/mol. The molecule has 0 spiro atoms. The minimum atomic E-state index is -1.35. The van der Waals surface area contributed by atoms with Gasteiger partial charge < -0.3 is 9.84 Å². The van der Waals surface area contributed by atoms with Crippen molar-refractivity contribution in [2.24, 2.45) is 5.92 Å². The van der Waals surface area contributed by atoms with Crippen molar-refractivity contribution in [2.45, 2.75) is 18.8 Å². The summed E-state index contributed by atoms with van der Waals surface area (Å²) in [4.78, 5) is 28.1. The second-order valence-corrected chi connectivity index (χ2v) is 5.35. The van der Waals surface area contributed by atoms with Gasteiger partial charge in [0.25, 0.3) is 5.89 Å². The van der Waals surface area contributed by atoms with Crippen LogP contribution in [-0.4, -0.2) is 28.9 Å². The Balaban J connectivity index is 1.79. The molecule has 1 aromatic heterocycles. The van der Waals surface area contributed by atoms with Crippen molar-refractivity contribution in [3.05, 3.63) is 35.7 Å². The third kappa shape index (κ3) is 2.97. The lowest BCUT2D eigenvalue weighted by atomic mass is 9.97. The van der Waals surface area contributed by atoms with Gasteiger partial charge in [-0.2, -0.15) is 10.2 Å². The highest BCUT2D eigenvalue weighted by Gasteiger charge is 2.29. The van der Waals surface area contributed by atoms with Gasteiger partial charge >= 0.3 is 0 Å². The van der Waals surface area contributed by atoms with Crippen molar-refractivity contribution >= 4 is 11.7 Å². The average molecular weight is 310 g/mol. The largest absolute Gasteiger partial charge is 0.358 e. The van der Waals surface area contributed by atoms with E-state index >= 15 is 0 Å². The average Bonchev–Trinajstić information content (AvgIpc) is 3.32. The predicted octanol–water partition coefficient (Wildman–Crippen LogP) is 1.68. The van der Waals surface area contributed by atoms with Crippen LogP contribution in [0.3, 0.4) is 0 Å². The van der Waals surface area contributed by atoms with Crippen molar-refractivity contribution in [2.75, 3.05) is 7.05 Å². The standard InChI is InChI=1S/C16H14N4O3/c1-18-15(22)12(8-17)13(21)9-2-6-11(7-3-9)16-19-14(20-23-16)10-4-5-10/h2-3,6-7,10,12H,4-5H2,1H3,(H,18,22). The van der Waals surface area contributed by atoms with Crippen LogP contribution in [-0.2, 0) is 4.79 Å². The summed E-state index contributed by atoms with van der Waals surface area (Å²) in [5, 5.41) is 15.2. The molecule has 1 aromatic carbocycles. The molecule has 0 radical (unpaired) electrons. The molecule has 1 fully saturated rings. The fraction of sp³-hybridized carbons (Fsp3) is 0.312. The Morgan fingerprint density at radius 3 is 2.61 bits per heavy atom. The van der Waals surface area contributed by atoms with Gasteiger partial charge in [-0.25, -0.2) is 0 Å². The zero-order valence-corrected chi connectivity index (χ0v) is 12.4. The van der Waals surface area contributed by atoms with E-state index in [0.29, 0.717) is 23.2 Å². The van der Waals surface area contributed by atoms with Crippen molar-refractivity contribution in [3.63, 3.8) is 0 Å². The number of Topliss-reactive ketones (excluding diaryl/α,β-unsaturated/α-hetero) is 1. The van der Waals surface area contributed by atoms with Crippen molar-refractivity contribution in [1.82, 2.24) is 15.5 Å². The maximum absolute atomic E-state index is 12.2. The highest BCUT2D eigenvalue weighted by atomic mass is 16.5. The van der Waals surface area contributed by atoms with Gasteiger partial charge in [0.1, 0.15) is 0 Å². The molecule has 1 atom stereocenters. The maximum atomic E-state index is 12.2. The zero-order valence-electron chi connectivity index (χ0n) is 12.4. The number of hydrogen-bond acceptors (Lipinski definition) is 6. The summed E-state index contributed by atoms with van der Waals surface area (Å²) in [6.07, 6.45) is 2.17. The van der Waals surface area contributed by atoms with E-state index in [2.05, 4.69) is 15.5 Å². The summed E-state index contributed by atoms with van der Waals surface area (Å²) < 4.78 is 5.21. The van der Waals surface area contributed by atoms with Crippen LogP contribution in [0.2, 0.25) is 0 Å². The molecule has 116 valence electrons. The summed E-state index contributed by atoms with van der Waals surface area (Å²) in [5.74, 6) is -0.999. The van der Waals surface area contributed by atoms with E-state index in [1.54, 1.807) is 30.3 Å². The first-order valence-corrected chi connectivity index (χ1v) is 7.23. The molecule has 1 amide bonds. The number of nitriles is 1. The van der Waals surface area contributed by atoms with Gasteiger partial charge in [0, 0.05) is 24.1 Å². The number of carbonyl (C=O) groups is 2. The van der Waals surface area contributed by atoms with Crippen molar-refractivity contribution < 1.29 is 14.1 Å². The molecule has 1 unspecified atom stereocenters. The van der Waals surface area contributed by atoms with E-state index in [4.69, 9.17) is 9.78 Å². The third-order valence-electron chi connectivity index (χ3n) is 3.70. The number of benzene rings is 1. The van der Waals surface area contributed by atoms with Gasteiger partial charge in [0.15, 0.2) is 17.5 Å². The minimum Gasteiger partial charge on any atom is -0.358 e. The Kier molecular flexibility index (Phi) is 3.89. The zero-order chi connectivity index (χ0) is 16.4. The molecule has 0 aliphatic heterocycles. The van der Waals surface area contributed by atoms with E-state index < -0.39 is 17.6 Å². The Bertz CT molecular complexity index is 784. The smallest absolute Gasteiger partial charge is 0.257 e. The second-order valence-electron chi connectivity index (χ2n) is 5.35. The van der Waals surface area contributed by atoms with Gasteiger partial charge in [-0.1, -0.05) is 17.3 Å². The highest BCUT2D eigenvalue weighted by Crippen LogP contribution is 2.38. The SMILES string of the molecule is CNC(=O)C(C#N)C(=O)c1ccc(-c2nc(C3CC3)no2)cc1. The van der Waals surface area contributed by atoms with E-state index in [1.807, 2.05) is 0 Å². The molecule has 1 N–H and O–H groups in total. The molecule has 1 aliphatic carbocycles. The number of amides is 1. The van der Waals surface area contributed by atoms with Crippen LogP contribution in [0.4, 0.5) is 0 Å². The van der Waals surface area contributed by atoms with E-state index in [-0.39, 0.29) is 5.56 Å². The van der Waals surface area contributed by atoms with Gasteiger partial charge in [-0.15, -0.1) is 0 Å². The highest BCUT2D eigenvalue weighted by molar-refractivity contribution is 6.12. The van der Waals surface area contributed by atoms with Crippen molar-refractivity contribution in [3.8, 4) is 17.5 Å². The number of rotatable bonds is 5. The number of aromatic nitrogens is 2. The molecule has 0 saturated heterocycles. The van der Waals surface area contributed by atoms with Crippen LogP contribution < -0.4 is 5.32 Å². The van der Waals surface area contributed by atoms with Crippen LogP contribution in [0.1, 0.15) is 34.9 Å². The molecule has 7 nitrogen and oxygen atoms in total. The van der Waals surface area contributed by atoms with Gasteiger partial charge in [-0.05, 0) is 25.0 Å². The Labute approximate surface area is 132 Å². The molecule has 2 aromatic rings. The molecule has 3 rings (SSSR count). The molecule has 0 bridgehead atoms. The van der Waals surface area contributed by atoms with Crippen LogP contribution >= 0.6 is 0 Å². The number of carbonyl (C=O) groups excluding carboxylic acids is 2. The first-order chi connectivity index (χ1) is 11.1. The quantitative estimate of drug-likeness (QED) is 0.664. The molecule has 1 aliphatic rings. The molecular weight excluding hydrogens is 296 g/mol. The molecular formula is C16H14N4O3. The summed E-state index contributed by atoms with van der Waals surface area (Å²) >= 11 is 0. The lowest BCUT2D eigenvalue weighted by Crippen LogP contribution is -2.32. The molecule has 23 heavy (non-hydrogen) atoms. The fourth-order valence-corrected chi connectivity index (χ4v) is 2.18. The van der Waals surface area contributed by atoms with Gasteiger partial charge in [0.2, 0.25) is 5.91 Å². The van der Waals surface area contributed by atoms with Crippen LogP contribution in [0.15, 0.2) is 28.8 Å². The maximum Gasteiger partial charge on any atom is 0.257 e. The summed E-state index contributed by atoms with van der Waals surface area (Å²) in [7, 11) is 1.39. The van der Waals surface area contributed by atoms with E-state index in [0.717, 1.165) is 12.8 Å². The van der Waals surface area contributed by atoms with Gasteiger partial charge in [0.05, 0.1) is 6.07 Å². The van der Waals surface area contributed by atoms with Crippen LogP contribution in [0.25, 0.3) is 11.5 Å². The summed E-state index contributed by atoms with van der Waals surface area (Å²) in [6.45, 7) is 0. The topological polar surface area (TPSA) is 109 Å². The first-order valence-electron chi connectivity index (χ1n) is 7.23. The Morgan fingerprint density at radius 2 is 2.04 bits per heavy atom.